The number of nitrogens with one attached hydrogen (secondary N) is 1. The SMILES string of the molecule is C/C(=C/C(C)[C@H](C)CC(CCO)CCC(O)(CO)CO)C(=O)C=N. The molecule has 0 radical (unpaired) electrons. The fourth-order valence-electron chi connectivity index (χ4n) is 2.74. The van der Waals surface area contributed by atoms with Gasteiger partial charge >= 0.3 is 0 Å². The Balaban J connectivity index is 4.75. The second-order valence-electron chi connectivity index (χ2n) is 6.89. The highest BCUT2D eigenvalue weighted by molar-refractivity contribution is 6.33. The van der Waals surface area contributed by atoms with Gasteiger partial charge in [0.2, 0.25) is 0 Å². The predicted molar refractivity (Wildman–Crippen MR) is 94.0 cm³/mol. The fraction of sp³-hybridized carbons (Fsp3) is 0.778. The van der Waals surface area contributed by atoms with Crippen LogP contribution in [0, 0.1) is 23.2 Å². The Labute approximate surface area is 144 Å². The summed E-state index contributed by atoms with van der Waals surface area (Å²) in [7, 11) is 0. The Hall–Kier alpha value is -1.08. The Morgan fingerprint density at radius 1 is 1.17 bits per heavy atom. The number of rotatable bonds is 13. The van der Waals surface area contributed by atoms with E-state index in [2.05, 4.69) is 6.92 Å². The van der Waals surface area contributed by atoms with Gasteiger partial charge in [-0.15, -0.1) is 0 Å². The van der Waals surface area contributed by atoms with Gasteiger partial charge in [-0.05, 0) is 55.9 Å². The normalized spacial score (nSPS) is 16.5. The van der Waals surface area contributed by atoms with E-state index in [1.54, 1.807) is 6.92 Å². The Morgan fingerprint density at radius 3 is 2.21 bits per heavy atom. The van der Waals surface area contributed by atoms with E-state index >= 15 is 0 Å². The highest BCUT2D eigenvalue weighted by Gasteiger charge is 2.27. The molecule has 0 aromatic carbocycles. The highest BCUT2D eigenvalue weighted by Crippen LogP contribution is 2.28. The third kappa shape index (κ3) is 8.15. The molecule has 24 heavy (non-hydrogen) atoms. The summed E-state index contributed by atoms with van der Waals surface area (Å²) in [6.45, 7) is 4.84. The third-order valence-electron chi connectivity index (χ3n) is 4.78. The molecule has 0 bridgehead atoms. The lowest BCUT2D eigenvalue weighted by molar-refractivity contribution is -0.109. The van der Waals surface area contributed by atoms with Crippen LogP contribution < -0.4 is 0 Å². The standard InChI is InChI=1S/C18H33NO5/c1-13(8-15(3)17(23)10-19)14(2)9-16(5-7-20)4-6-18(24,11-21)12-22/h8,10,13-14,16,19-22,24H,4-7,9,11-12H2,1-3H3/b15-8-,19-10?/t13?,14-,16?/m1/s1. The van der Waals surface area contributed by atoms with Crippen LogP contribution in [0.2, 0.25) is 0 Å². The lowest BCUT2D eigenvalue weighted by Gasteiger charge is -2.28. The summed E-state index contributed by atoms with van der Waals surface area (Å²) < 4.78 is 0. The first-order valence-corrected chi connectivity index (χ1v) is 8.51. The Bertz CT molecular complexity index is 418. The number of hydrogen-bond acceptors (Lipinski definition) is 6. The van der Waals surface area contributed by atoms with Gasteiger partial charge in [-0.2, -0.15) is 0 Å². The van der Waals surface area contributed by atoms with Gasteiger partial charge in [0.1, 0.15) is 5.60 Å². The molecule has 0 aromatic rings. The van der Waals surface area contributed by atoms with E-state index in [-0.39, 0.29) is 36.6 Å². The van der Waals surface area contributed by atoms with Gasteiger partial charge in [0.25, 0.3) is 0 Å². The van der Waals surface area contributed by atoms with Gasteiger partial charge in [-0.1, -0.05) is 19.9 Å². The van der Waals surface area contributed by atoms with Crippen molar-refractivity contribution in [1.29, 1.82) is 5.41 Å². The summed E-state index contributed by atoms with van der Waals surface area (Å²) in [6.07, 6.45) is 4.93. The van der Waals surface area contributed by atoms with Crippen molar-refractivity contribution in [2.45, 2.75) is 52.1 Å². The van der Waals surface area contributed by atoms with Crippen molar-refractivity contribution in [3.63, 3.8) is 0 Å². The Morgan fingerprint density at radius 2 is 1.75 bits per heavy atom. The number of aliphatic hydroxyl groups excluding tert-OH is 3. The van der Waals surface area contributed by atoms with Crippen molar-refractivity contribution in [3.8, 4) is 0 Å². The molecule has 0 aliphatic rings. The maximum absolute atomic E-state index is 11.5. The van der Waals surface area contributed by atoms with Crippen LogP contribution in [0.4, 0.5) is 0 Å². The molecule has 0 aliphatic heterocycles. The van der Waals surface area contributed by atoms with Crippen molar-refractivity contribution < 1.29 is 25.2 Å². The number of carbonyl (C=O) groups excluding carboxylic acids is 1. The molecule has 0 rings (SSSR count). The number of ketones is 1. The van der Waals surface area contributed by atoms with Gasteiger partial charge < -0.3 is 25.8 Å². The molecule has 6 nitrogen and oxygen atoms in total. The zero-order valence-corrected chi connectivity index (χ0v) is 15.0. The molecular formula is C18H33NO5. The van der Waals surface area contributed by atoms with E-state index in [1.165, 1.54) is 0 Å². The van der Waals surface area contributed by atoms with Gasteiger partial charge in [0.05, 0.1) is 19.4 Å². The minimum Gasteiger partial charge on any atom is -0.396 e. The zero-order valence-electron chi connectivity index (χ0n) is 15.0. The smallest absolute Gasteiger partial charge is 0.198 e. The molecule has 2 unspecified atom stereocenters. The lowest BCUT2D eigenvalue weighted by atomic mass is 9.81. The molecule has 5 N–H and O–H groups in total. The summed E-state index contributed by atoms with van der Waals surface area (Å²) >= 11 is 0. The van der Waals surface area contributed by atoms with E-state index in [1.807, 2.05) is 13.0 Å². The summed E-state index contributed by atoms with van der Waals surface area (Å²) in [5, 5.41) is 44.5. The largest absolute Gasteiger partial charge is 0.396 e. The average Bonchev–Trinajstić information content (AvgIpc) is 2.58. The second-order valence-corrected chi connectivity index (χ2v) is 6.89. The third-order valence-corrected chi connectivity index (χ3v) is 4.78. The number of carbonyl (C=O) groups is 1. The fourth-order valence-corrected chi connectivity index (χ4v) is 2.74. The van der Waals surface area contributed by atoms with Gasteiger partial charge in [0, 0.05) is 6.61 Å². The monoisotopic (exact) mass is 343 g/mol. The Kier molecular flexibility index (Phi) is 11.0. The van der Waals surface area contributed by atoms with Crippen molar-refractivity contribution in [2.24, 2.45) is 17.8 Å². The van der Waals surface area contributed by atoms with Crippen LogP contribution in [0.1, 0.15) is 46.5 Å². The lowest BCUT2D eigenvalue weighted by Crippen LogP contribution is -2.38. The molecular weight excluding hydrogens is 310 g/mol. The van der Waals surface area contributed by atoms with Crippen LogP contribution in [-0.2, 0) is 4.79 Å². The molecule has 140 valence electrons. The van der Waals surface area contributed by atoms with Gasteiger partial charge in [-0.3, -0.25) is 4.79 Å². The van der Waals surface area contributed by atoms with E-state index < -0.39 is 18.8 Å². The summed E-state index contributed by atoms with van der Waals surface area (Å²) in [5.41, 5.74) is -0.923. The molecule has 0 fully saturated rings. The van der Waals surface area contributed by atoms with E-state index in [9.17, 15) is 15.0 Å². The summed E-state index contributed by atoms with van der Waals surface area (Å²) in [5.74, 6) is 0.261. The zero-order chi connectivity index (χ0) is 18.8. The number of Topliss-reactive ketones (excluding diaryl/α,β-unsaturated/α-hetero) is 1. The molecule has 6 heteroatoms. The van der Waals surface area contributed by atoms with Crippen LogP contribution >= 0.6 is 0 Å². The molecule has 0 heterocycles. The quantitative estimate of drug-likeness (QED) is 0.255. The molecule has 0 aliphatic carbocycles. The van der Waals surface area contributed by atoms with Crippen molar-refractivity contribution in [2.75, 3.05) is 19.8 Å². The summed E-state index contributed by atoms with van der Waals surface area (Å²) in [6, 6.07) is 0. The summed E-state index contributed by atoms with van der Waals surface area (Å²) in [4.78, 5) is 11.5. The van der Waals surface area contributed by atoms with Crippen LogP contribution in [0.5, 0.6) is 0 Å². The first-order valence-electron chi connectivity index (χ1n) is 8.51. The van der Waals surface area contributed by atoms with Gasteiger partial charge in [-0.25, -0.2) is 0 Å². The number of allylic oxidation sites excluding steroid dienone is 2. The molecule has 0 amide bonds. The van der Waals surface area contributed by atoms with Crippen LogP contribution in [0.25, 0.3) is 0 Å². The second kappa shape index (κ2) is 11.5. The topological polar surface area (TPSA) is 122 Å². The molecule has 3 atom stereocenters. The van der Waals surface area contributed by atoms with Crippen molar-refractivity contribution >= 4 is 12.0 Å². The molecule has 0 saturated heterocycles. The number of aliphatic hydroxyl groups is 4. The van der Waals surface area contributed by atoms with Crippen LogP contribution in [0.15, 0.2) is 11.6 Å². The molecule has 0 saturated carbocycles. The van der Waals surface area contributed by atoms with Crippen LogP contribution in [0.3, 0.4) is 0 Å². The molecule has 0 aromatic heterocycles. The minimum absolute atomic E-state index is 0.0452. The maximum Gasteiger partial charge on any atom is 0.198 e. The van der Waals surface area contributed by atoms with Crippen molar-refractivity contribution in [1.82, 2.24) is 0 Å². The van der Waals surface area contributed by atoms with Crippen LogP contribution in [-0.4, -0.2) is 57.8 Å². The first kappa shape index (κ1) is 22.9. The minimum atomic E-state index is -1.48. The average molecular weight is 343 g/mol. The number of hydrogen-bond donors (Lipinski definition) is 5. The highest BCUT2D eigenvalue weighted by atomic mass is 16.4. The predicted octanol–water partition coefficient (Wildman–Crippen LogP) is 1.31. The molecule has 0 spiro atoms. The first-order chi connectivity index (χ1) is 11.2. The van der Waals surface area contributed by atoms with E-state index in [4.69, 9.17) is 15.6 Å². The van der Waals surface area contributed by atoms with Gasteiger partial charge in [0.15, 0.2) is 5.78 Å². The van der Waals surface area contributed by atoms with E-state index in [0.717, 1.165) is 12.6 Å². The van der Waals surface area contributed by atoms with E-state index in [0.29, 0.717) is 18.4 Å². The maximum atomic E-state index is 11.5. The van der Waals surface area contributed by atoms with Crippen molar-refractivity contribution in [3.05, 3.63) is 11.6 Å².